The Bertz CT molecular complexity index is 331. The second kappa shape index (κ2) is 4.16. The van der Waals surface area contributed by atoms with Crippen LogP contribution in [0.3, 0.4) is 0 Å². The monoisotopic (exact) mass is 212 g/mol. The van der Waals surface area contributed by atoms with Gasteiger partial charge in [-0.05, 0) is 6.92 Å². The normalized spacial score (nSPS) is 22.2. The maximum Gasteiger partial charge on any atom is 0.211 e. The van der Waals surface area contributed by atoms with Gasteiger partial charge in [-0.3, -0.25) is 4.79 Å². The van der Waals surface area contributed by atoms with Gasteiger partial charge in [0.15, 0.2) is 0 Å². The number of carbonyl (C=O) groups is 1. The van der Waals surface area contributed by atoms with Crippen LogP contribution in [0.2, 0.25) is 0 Å². The van der Waals surface area contributed by atoms with E-state index in [4.69, 9.17) is 4.74 Å². The number of aromatic nitrogens is 1. The first kappa shape index (κ1) is 9.76. The number of hydrogen-bond donors (Lipinski definition) is 1. The third-order valence-electron chi connectivity index (χ3n) is 2.09. The molecule has 1 saturated heterocycles. The smallest absolute Gasteiger partial charge is 0.211 e. The van der Waals surface area contributed by atoms with Crippen molar-refractivity contribution < 1.29 is 9.53 Å². The first-order valence-corrected chi connectivity index (χ1v) is 5.44. The topological polar surface area (TPSA) is 51.2 Å². The molecule has 0 saturated carbocycles. The van der Waals surface area contributed by atoms with Gasteiger partial charge in [-0.25, -0.2) is 4.98 Å². The number of Topliss-reactive ketones (excluding diaryl/α,β-unsaturated/α-hetero) is 1. The highest BCUT2D eigenvalue weighted by atomic mass is 32.1. The summed E-state index contributed by atoms with van der Waals surface area (Å²) in [5.41, 5.74) is 0.529. The molecule has 76 valence electrons. The molecule has 0 radical (unpaired) electrons. The van der Waals surface area contributed by atoms with Crippen molar-refractivity contribution in [2.75, 3.05) is 19.7 Å². The van der Waals surface area contributed by atoms with Gasteiger partial charge < -0.3 is 10.1 Å². The van der Waals surface area contributed by atoms with Crippen molar-refractivity contribution in [3.8, 4) is 0 Å². The zero-order valence-corrected chi connectivity index (χ0v) is 8.76. The summed E-state index contributed by atoms with van der Waals surface area (Å²) in [6.45, 7) is 3.90. The van der Waals surface area contributed by atoms with E-state index in [1.54, 1.807) is 5.38 Å². The molecule has 0 amide bonds. The molecule has 0 aromatic carbocycles. The van der Waals surface area contributed by atoms with Crippen molar-refractivity contribution in [2.24, 2.45) is 0 Å². The predicted octanol–water partition coefficient (Wildman–Crippen LogP) is 0.623. The van der Waals surface area contributed by atoms with Crippen LogP contribution >= 0.6 is 11.3 Å². The highest BCUT2D eigenvalue weighted by Crippen LogP contribution is 2.12. The van der Waals surface area contributed by atoms with E-state index in [-0.39, 0.29) is 11.9 Å². The van der Waals surface area contributed by atoms with Gasteiger partial charge in [-0.15, -0.1) is 11.3 Å². The van der Waals surface area contributed by atoms with Crippen molar-refractivity contribution in [2.45, 2.75) is 13.0 Å². The maximum atomic E-state index is 11.8. The van der Waals surface area contributed by atoms with Gasteiger partial charge in [0.1, 0.15) is 11.8 Å². The molecular weight excluding hydrogens is 200 g/mol. The van der Waals surface area contributed by atoms with Crippen molar-refractivity contribution >= 4 is 17.1 Å². The third kappa shape index (κ3) is 2.00. The minimum absolute atomic E-state index is 0.0125. The van der Waals surface area contributed by atoms with Crippen LogP contribution in [-0.4, -0.2) is 36.6 Å². The molecule has 5 heteroatoms. The predicted molar refractivity (Wildman–Crippen MR) is 53.8 cm³/mol. The lowest BCUT2D eigenvalue weighted by Gasteiger charge is -2.21. The summed E-state index contributed by atoms with van der Waals surface area (Å²) in [6, 6.07) is 0. The Balaban J connectivity index is 2.07. The average molecular weight is 212 g/mol. The number of morpholine rings is 1. The molecular formula is C9H12N2O2S. The zero-order chi connectivity index (χ0) is 9.97. The minimum atomic E-state index is -0.356. The van der Waals surface area contributed by atoms with E-state index in [0.717, 1.165) is 11.6 Å². The second-order valence-electron chi connectivity index (χ2n) is 3.18. The largest absolute Gasteiger partial charge is 0.367 e. The second-order valence-corrected chi connectivity index (χ2v) is 4.24. The van der Waals surface area contributed by atoms with Gasteiger partial charge in [0.2, 0.25) is 5.78 Å². The quantitative estimate of drug-likeness (QED) is 0.730. The van der Waals surface area contributed by atoms with Crippen molar-refractivity contribution in [3.05, 3.63) is 16.1 Å². The van der Waals surface area contributed by atoms with Crippen molar-refractivity contribution in [1.82, 2.24) is 10.3 Å². The molecule has 1 atom stereocenters. The lowest BCUT2D eigenvalue weighted by Crippen LogP contribution is -2.43. The van der Waals surface area contributed by atoms with Crippen LogP contribution in [0.5, 0.6) is 0 Å². The molecule has 1 aliphatic rings. The van der Waals surface area contributed by atoms with Crippen LogP contribution in [0, 0.1) is 6.92 Å². The van der Waals surface area contributed by atoms with Crippen molar-refractivity contribution in [1.29, 1.82) is 0 Å². The molecule has 0 bridgehead atoms. The van der Waals surface area contributed by atoms with Crippen LogP contribution in [0.1, 0.15) is 15.5 Å². The van der Waals surface area contributed by atoms with Gasteiger partial charge in [0.25, 0.3) is 0 Å². The Morgan fingerprint density at radius 1 is 1.79 bits per heavy atom. The molecule has 0 aliphatic carbocycles. The molecule has 2 heterocycles. The SMILES string of the molecule is Cc1nc(C(=O)C2CNCCO2)cs1. The average Bonchev–Trinajstić information content (AvgIpc) is 2.65. The molecule has 1 aromatic heterocycles. The Labute approximate surface area is 86.3 Å². The van der Waals surface area contributed by atoms with Crippen LogP contribution in [-0.2, 0) is 4.74 Å². The summed E-state index contributed by atoms with van der Waals surface area (Å²) < 4.78 is 5.36. The van der Waals surface area contributed by atoms with Gasteiger partial charge in [-0.2, -0.15) is 0 Å². The number of rotatable bonds is 2. The summed E-state index contributed by atoms with van der Waals surface area (Å²) >= 11 is 1.49. The van der Waals surface area contributed by atoms with E-state index in [0.29, 0.717) is 18.8 Å². The summed E-state index contributed by atoms with van der Waals surface area (Å²) in [4.78, 5) is 15.9. The number of carbonyl (C=O) groups excluding carboxylic acids is 1. The molecule has 2 rings (SSSR count). The van der Waals surface area contributed by atoms with Gasteiger partial charge in [0, 0.05) is 18.5 Å². The molecule has 14 heavy (non-hydrogen) atoms. The van der Waals surface area contributed by atoms with Gasteiger partial charge in [0.05, 0.1) is 11.6 Å². The molecule has 1 aliphatic heterocycles. The number of aryl methyl sites for hydroxylation is 1. The number of hydrogen-bond acceptors (Lipinski definition) is 5. The lowest BCUT2D eigenvalue weighted by atomic mass is 10.1. The van der Waals surface area contributed by atoms with Crippen LogP contribution < -0.4 is 5.32 Å². The molecule has 1 unspecified atom stereocenters. The molecule has 1 fully saturated rings. The van der Waals surface area contributed by atoms with Gasteiger partial charge in [-0.1, -0.05) is 0 Å². The number of ether oxygens (including phenoxy) is 1. The van der Waals surface area contributed by atoms with Crippen LogP contribution in [0.25, 0.3) is 0 Å². The van der Waals surface area contributed by atoms with E-state index in [9.17, 15) is 4.79 Å². The fraction of sp³-hybridized carbons (Fsp3) is 0.556. The van der Waals surface area contributed by atoms with E-state index >= 15 is 0 Å². The first-order chi connectivity index (χ1) is 6.77. The number of nitrogens with one attached hydrogen (secondary N) is 1. The lowest BCUT2D eigenvalue weighted by molar-refractivity contribution is 0.0266. The number of nitrogens with zero attached hydrogens (tertiary/aromatic N) is 1. The van der Waals surface area contributed by atoms with E-state index in [1.165, 1.54) is 11.3 Å². The summed E-state index contributed by atoms with van der Waals surface area (Å²) in [5.74, 6) is -0.0125. The zero-order valence-electron chi connectivity index (χ0n) is 7.95. The molecule has 0 spiro atoms. The Kier molecular flexibility index (Phi) is 2.90. The highest BCUT2D eigenvalue weighted by molar-refractivity contribution is 7.09. The molecule has 1 N–H and O–H groups in total. The highest BCUT2D eigenvalue weighted by Gasteiger charge is 2.24. The molecule has 4 nitrogen and oxygen atoms in total. The van der Waals surface area contributed by atoms with E-state index in [2.05, 4.69) is 10.3 Å². The Morgan fingerprint density at radius 3 is 3.21 bits per heavy atom. The summed E-state index contributed by atoms with van der Waals surface area (Å²) in [6.07, 6.45) is -0.356. The summed E-state index contributed by atoms with van der Waals surface area (Å²) in [7, 11) is 0. The fourth-order valence-electron chi connectivity index (χ4n) is 1.38. The number of ketones is 1. The summed E-state index contributed by atoms with van der Waals surface area (Å²) in [5, 5.41) is 5.82. The first-order valence-electron chi connectivity index (χ1n) is 4.56. The van der Waals surface area contributed by atoms with E-state index < -0.39 is 0 Å². The van der Waals surface area contributed by atoms with Crippen LogP contribution in [0.4, 0.5) is 0 Å². The molecule has 1 aromatic rings. The fourth-order valence-corrected chi connectivity index (χ4v) is 1.98. The van der Waals surface area contributed by atoms with E-state index in [1.807, 2.05) is 6.92 Å². The van der Waals surface area contributed by atoms with Gasteiger partial charge >= 0.3 is 0 Å². The standard InChI is InChI=1S/C9H12N2O2S/c1-6-11-7(5-14-6)9(12)8-4-10-2-3-13-8/h5,8,10H,2-4H2,1H3. The minimum Gasteiger partial charge on any atom is -0.367 e. The van der Waals surface area contributed by atoms with Crippen molar-refractivity contribution in [3.63, 3.8) is 0 Å². The number of thiazole rings is 1. The third-order valence-corrected chi connectivity index (χ3v) is 2.87. The maximum absolute atomic E-state index is 11.8. The van der Waals surface area contributed by atoms with Crippen LogP contribution in [0.15, 0.2) is 5.38 Å². The Hall–Kier alpha value is -0.780. The Morgan fingerprint density at radius 2 is 2.64 bits per heavy atom.